The van der Waals surface area contributed by atoms with E-state index in [0.717, 1.165) is 5.69 Å². The highest BCUT2D eigenvalue weighted by Crippen LogP contribution is 2.24. The van der Waals surface area contributed by atoms with Crippen LogP contribution < -0.4 is 5.32 Å². The number of ether oxygens (including phenoxy) is 1. The normalized spacial score (nSPS) is 13.6. The topological polar surface area (TPSA) is 93.5 Å². The highest BCUT2D eigenvalue weighted by atomic mass is 16.6. The second-order valence-electron chi connectivity index (χ2n) is 8.14. The molecule has 1 N–H and O–H groups in total. The summed E-state index contributed by atoms with van der Waals surface area (Å²) in [5.41, 5.74) is 2.35. The van der Waals surface area contributed by atoms with Crippen molar-refractivity contribution >= 4 is 23.5 Å². The Morgan fingerprint density at radius 3 is 2.59 bits per heavy atom. The Balaban J connectivity index is 1.82. The molecular weight excluding hydrogens is 372 g/mol. The van der Waals surface area contributed by atoms with E-state index < -0.39 is 11.7 Å². The molecule has 1 aliphatic heterocycles. The Morgan fingerprint density at radius 1 is 1.21 bits per heavy atom. The average Bonchev–Trinajstić information content (AvgIpc) is 2.97. The minimum absolute atomic E-state index is 0.0793. The molecule has 2 aromatic rings. The molecule has 3 rings (SSSR count). The number of amides is 2. The number of carbonyl (C=O) groups excluding carboxylic acids is 3. The molecule has 0 bridgehead atoms. The van der Waals surface area contributed by atoms with Crippen LogP contribution in [0.4, 0.5) is 10.5 Å². The number of Topliss-reactive ketones (excluding diaryl/α,β-unsaturated/α-hetero) is 1. The summed E-state index contributed by atoms with van der Waals surface area (Å²) >= 11 is 0. The van der Waals surface area contributed by atoms with Gasteiger partial charge in [-0.25, -0.2) is 4.79 Å². The number of hydrogen-bond donors (Lipinski definition) is 1. The van der Waals surface area contributed by atoms with E-state index >= 15 is 0 Å². The Hall–Kier alpha value is -3.16. The van der Waals surface area contributed by atoms with Crippen LogP contribution in [0.15, 0.2) is 24.3 Å². The largest absolute Gasteiger partial charge is 0.444 e. The van der Waals surface area contributed by atoms with Gasteiger partial charge in [-0.2, -0.15) is 5.10 Å². The van der Waals surface area contributed by atoms with E-state index in [1.807, 2.05) is 20.8 Å². The van der Waals surface area contributed by atoms with Gasteiger partial charge in [0.2, 0.25) is 0 Å². The maximum Gasteiger partial charge on any atom is 0.410 e. The lowest BCUT2D eigenvalue weighted by Gasteiger charge is -2.30. The lowest BCUT2D eigenvalue weighted by molar-refractivity contribution is 0.0221. The van der Waals surface area contributed by atoms with Gasteiger partial charge in [0, 0.05) is 42.5 Å². The highest BCUT2D eigenvalue weighted by Gasteiger charge is 2.31. The highest BCUT2D eigenvalue weighted by molar-refractivity contribution is 6.05. The van der Waals surface area contributed by atoms with Crippen molar-refractivity contribution in [3.05, 3.63) is 46.8 Å². The van der Waals surface area contributed by atoms with Crippen LogP contribution in [0.25, 0.3) is 0 Å². The van der Waals surface area contributed by atoms with Crippen LogP contribution in [0.1, 0.15) is 59.8 Å². The quantitative estimate of drug-likeness (QED) is 0.802. The fraction of sp³-hybridized carbons (Fsp3) is 0.429. The van der Waals surface area contributed by atoms with Gasteiger partial charge in [-0.3, -0.25) is 14.3 Å². The number of anilines is 1. The van der Waals surface area contributed by atoms with E-state index in [4.69, 9.17) is 4.74 Å². The first kappa shape index (κ1) is 20.6. The molecule has 29 heavy (non-hydrogen) atoms. The van der Waals surface area contributed by atoms with Crippen LogP contribution in [-0.2, 0) is 24.8 Å². The lowest BCUT2D eigenvalue weighted by atomic mass is 10.0. The molecule has 0 unspecified atom stereocenters. The van der Waals surface area contributed by atoms with E-state index in [0.29, 0.717) is 29.8 Å². The Bertz CT molecular complexity index is 972. The number of nitrogens with one attached hydrogen (secondary N) is 1. The maximum atomic E-state index is 12.9. The van der Waals surface area contributed by atoms with Crippen molar-refractivity contribution in [3.63, 3.8) is 0 Å². The molecule has 1 aromatic carbocycles. The predicted octanol–water partition coefficient (Wildman–Crippen LogP) is 3.17. The van der Waals surface area contributed by atoms with E-state index in [9.17, 15) is 14.4 Å². The van der Waals surface area contributed by atoms with Gasteiger partial charge in [0.25, 0.3) is 5.91 Å². The van der Waals surface area contributed by atoms with Crippen LogP contribution in [0.3, 0.4) is 0 Å². The molecular formula is C21H26N4O4. The third kappa shape index (κ3) is 4.64. The van der Waals surface area contributed by atoms with Gasteiger partial charge in [0.05, 0.1) is 6.54 Å². The van der Waals surface area contributed by atoms with Crippen LogP contribution in [0.5, 0.6) is 0 Å². The molecule has 0 atom stereocenters. The SMILES string of the molecule is CC(=O)c1cccc(NC(=O)c2nn(C)c3c2CN(C(=O)OC(C)(C)C)CC3)c1. The number of fused-ring (bicyclic) bond motifs is 1. The summed E-state index contributed by atoms with van der Waals surface area (Å²) < 4.78 is 7.14. The minimum Gasteiger partial charge on any atom is -0.444 e. The summed E-state index contributed by atoms with van der Waals surface area (Å²) in [4.78, 5) is 38.5. The zero-order chi connectivity index (χ0) is 21.3. The number of ketones is 1. The standard InChI is InChI=1S/C21H26N4O4/c1-13(26)14-7-6-8-15(11-14)22-19(27)18-16-12-25(20(28)29-21(2,3)4)10-9-17(16)24(5)23-18/h6-8,11H,9-10,12H2,1-5H3,(H,22,27). The minimum atomic E-state index is -0.589. The molecule has 1 aromatic heterocycles. The van der Waals surface area contributed by atoms with Gasteiger partial charge in [0.1, 0.15) is 5.60 Å². The second-order valence-corrected chi connectivity index (χ2v) is 8.14. The number of nitrogens with zero attached hydrogens (tertiary/aromatic N) is 3. The zero-order valence-corrected chi connectivity index (χ0v) is 17.4. The van der Waals surface area contributed by atoms with Crippen molar-refractivity contribution in [1.29, 1.82) is 0 Å². The monoisotopic (exact) mass is 398 g/mol. The van der Waals surface area contributed by atoms with Crippen molar-refractivity contribution < 1.29 is 19.1 Å². The van der Waals surface area contributed by atoms with Gasteiger partial charge in [-0.15, -0.1) is 0 Å². The first-order valence-corrected chi connectivity index (χ1v) is 9.50. The Kier molecular flexibility index (Phi) is 5.46. The number of benzene rings is 1. The fourth-order valence-electron chi connectivity index (χ4n) is 3.26. The molecule has 8 heteroatoms. The summed E-state index contributed by atoms with van der Waals surface area (Å²) in [6.07, 6.45) is 0.179. The van der Waals surface area contributed by atoms with Crippen molar-refractivity contribution in [1.82, 2.24) is 14.7 Å². The van der Waals surface area contributed by atoms with Crippen LogP contribution >= 0.6 is 0 Å². The summed E-state index contributed by atoms with van der Waals surface area (Å²) in [5.74, 6) is -0.460. The first-order chi connectivity index (χ1) is 13.5. The lowest BCUT2D eigenvalue weighted by Crippen LogP contribution is -2.40. The van der Waals surface area contributed by atoms with Crippen molar-refractivity contribution in [2.45, 2.75) is 46.3 Å². The molecule has 0 fully saturated rings. The van der Waals surface area contributed by atoms with E-state index in [2.05, 4.69) is 10.4 Å². The molecule has 0 saturated heterocycles. The van der Waals surface area contributed by atoms with Gasteiger partial charge in [-0.1, -0.05) is 12.1 Å². The summed E-state index contributed by atoms with van der Waals surface area (Å²) in [6, 6.07) is 6.75. The molecule has 8 nitrogen and oxygen atoms in total. The van der Waals surface area contributed by atoms with Gasteiger partial charge in [-0.05, 0) is 39.8 Å². The molecule has 0 aliphatic carbocycles. The summed E-state index contributed by atoms with van der Waals surface area (Å²) in [6.45, 7) is 7.69. The van der Waals surface area contributed by atoms with Crippen molar-refractivity contribution in [3.8, 4) is 0 Å². The third-order valence-electron chi connectivity index (χ3n) is 4.64. The first-order valence-electron chi connectivity index (χ1n) is 9.50. The number of rotatable bonds is 3. The van der Waals surface area contributed by atoms with Gasteiger partial charge < -0.3 is 15.0 Å². The van der Waals surface area contributed by atoms with Crippen molar-refractivity contribution in [2.75, 3.05) is 11.9 Å². The van der Waals surface area contributed by atoms with E-state index in [1.54, 1.807) is 40.9 Å². The van der Waals surface area contributed by atoms with Crippen LogP contribution in [0, 0.1) is 0 Å². The second kappa shape index (κ2) is 7.69. The van der Waals surface area contributed by atoms with Crippen LogP contribution in [-0.4, -0.2) is 44.6 Å². The Labute approximate surface area is 169 Å². The van der Waals surface area contributed by atoms with Gasteiger partial charge in [0.15, 0.2) is 11.5 Å². The number of carbonyl (C=O) groups is 3. The molecule has 1 aliphatic rings. The predicted molar refractivity (Wildman–Crippen MR) is 108 cm³/mol. The maximum absolute atomic E-state index is 12.9. The summed E-state index contributed by atoms with van der Waals surface area (Å²) in [7, 11) is 1.79. The molecule has 0 radical (unpaired) electrons. The third-order valence-corrected chi connectivity index (χ3v) is 4.64. The molecule has 0 spiro atoms. The zero-order valence-electron chi connectivity index (χ0n) is 17.4. The smallest absolute Gasteiger partial charge is 0.410 e. The average molecular weight is 398 g/mol. The number of aryl methyl sites for hydroxylation is 1. The fourth-order valence-corrected chi connectivity index (χ4v) is 3.26. The van der Waals surface area contributed by atoms with Crippen molar-refractivity contribution in [2.24, 2.45) is 7.05 Å². The molecule has 2 amide bonds. The van der Waals surface area contributed by atoms with Crippen LogP contribution in [0.2, 0.25) is 0 Å². The van der Waals surface area contributed by atoms with E-state index in [1.165, 1.54) is 6.92 Å². The summed E-state index contributed by atoms with van der Waals surface area (Å²) in [5, 5.41) is 7.17. The Morgan fingerprint density at radius 2 is 1.93 bits per heavy atom. The molecule has 154 valence electrons. The van der Waals surface area contributed by atoms with E-state index in [-0.39, 0.29) is 23.9 Å². The molecule has 0 saturated carbocycles. The number of aromatic nitrogens is 2. The number of hydrogen-bond acceptors (Lipinski definition) is 5. The molecule has 2 heterocycles. The van der Waals surface area contributed by atoms with Gasteiger partial charge >= 0.3 is 6.09 Å².